The number of unbranched alkanes of at least 4 members (excludes halogenated alkanes) is 4. The molecule has 2 fully saturated rings. The van der Waals surface area contributed by atoms with Crippen LogP contribution in [-0.2, 0) is 0 Å². The molecule has 0 aliphatic heterocycles. The van der Waals surface area contributed by atoms with Crippen LogP contribution in [0.1, 0.15) is 71.1 Å². The van der Waals surface area contributed by atoms with Gasteiger partial charge < -0.3 is 15.9 Å². The van der Waals surface area contributed by atoms with Crippen LogP contribution in [0, 0.1) is 17.8 Å². The first kappa shape index (κ1) is 19.7. The van der Waals surface area contributed by atoms with Crippen LogP contribution in [-0.4, -0.2) is 29.0 Å². The highest BCUT2D eigenvalue weighted by atomic mass is 16.3. The first-order valence-corrected chi connectivity index (χ1v) is 10.1. The van der Waals surface area contributed by atoms with Gasteiger partial charge in [-0.25, -0.2) is 0 Å². The molecule has 0 aromatic carbocycles. The van der Waals surface area contributed by atoms with E-state index >= 15 is 0 Å². The lowest BCUT2D eigenvalue weighted by molar-refractivity contribution is 0.139. The Bertz CT molecular complexity index is 418. The predicted molar refractivity (Wildman–Crippen MR) is 101 cm³/mol. The fourth-order valence-electron chi connectivity index (χ4n) is 4.49. The molecule has 2 aliphatic rings. The van der Waals surface area contributed by atoms with Crippen LogP contribution in [0.5, 0.6) is 0 Å². The van der Waals surface area contributed by atoms with Gasteiger partial charge in [0.2, 0.25) is 0 Å². The molecule has 0 aromatic heterocycles. The molecule has 0 radical (unpaired) electrons. The van der Waals surface area contributed by atoms with E-state index in [1.54, 1.807) is 5.57 Å². The lowest BCUT2D eigenvalue weighted by atomic mass is 9.90. The molecule has 4 N–H and O–H groups in total. The standard InChI is InChI=1S/C21H37NO2/c1-2-3-5-9-18(23)10-11-19-20-14-16(8-6-4-7-12-22)13-17(20)15-21(19)24/h8,10-11,17-21,23-24H,2-7,9,12-15,22H2,1H3/b11-10+,16-8-. The van der Waals surface area contributed by atoms with E-state index in [1.165, 1.54) is 19.3 Å². The maximum Gasteiger partial charge on any atom is 0.0721 e. The van der Waals surface area contributed by atoms with Crippen LogP contribution in [0.25, 0.3) is 0 Å². The van der Waals surface area contributed by atoms with Crippen molar-refractivity contribution in [2.75, 3.05) is 6.54 Å². The first-order valence-electron chi connectivity index (χ1n) is 10.1. The lowest BCUT2D eigenvalue weighted by Crippen LogP contribution is -2.17. The quantitative estimate of drug-likeness (QED) is 0.418. The summed E-state index contributed by atoms with van der Waals surface area (Å²) in [6, 6.07) is 0. The molecule has 2 rings (SSSR count). The number of aliphatic hydroxyl groups is 2. The normalized spacial score (nSPS) is 32.8. The molecule has 0 bridgehead atoms. The molecule has 0 spiro atoms. The highest BCUT2D eigenvalue weighted by molar-refractivity contribution is 5.17. The largest absolute Gasteiger partial charge is 0.392 e. The molecule has 0 heterocycles. The van der Waals surface area contributed by atoms with Gasteiger partial charge in [0.25, 0.3) is 0 Å². The molecular weight excluding hydrogens is 298 g/mol. The molecule has 3 nitrogen and oxygen atoms in total. The van der Waals surface area contributed by atoms with Gasteiger partial charge in [-0.1, -0.05) is 50.0 Å². The minimum absolute atomic E-state index is 0.224. The second-order valence-corrected chi connectivity index (χ2v) is 7.81. The van der Waals surface area contributed by atoms with Crippen molar-refractivity contribution < 1.29 is 10.2 Å². The van der Waals surface area contributed by atoms with E-state index in [4.69, 9.17) is 5.73 Å². The average Bonchev–Trinajstić information content (AvgIpc) is 3.06. The Morgan fingerprint density at radius 3 is 2.79 bits per heavy atom. The SMILES string of the molecule is CCCCCC(O)/C=C/C1C(O)CC2C/C(=C/CCCCN)CC21. The van der Waals surface area contributed by atoms with Crippen molar-refractivity contribution in [3.8, 4) is 0 Å². The smallest absolute Gasteiger partial charge is 0.0721 e. The van der Waals surface area contributed by atoms with E-state index in [2.05, 4.69) is 19.1 Å². The molecule has 24 heavy (non-hydrogen) atoms. The molecule has 5 atom stereocenters. The van der Waals surface area contributed by atoms with Crippen molar-refractivity contribution in [2.45, 2.75) is 83.3 Å². The van der Waals surface area contributed by atoms with Crippen molar-refractivity contribution in [2.24, 2.45) is 23.5 Å². The first-order chi connectivity index (χ1) is 11.7. The van der Waals surface area contributed by atoms with Crippen molar-refractivity contribution in [1.82, 2.24) is 0 Å². The Morgan fingerprint density at radius 2 is 2.04 bits per heavy atom. The predicted octanol–water partition coefficient (Wildman–Crippen LogP) is 3.95. The van der Waals surface area contributed by atoms with Gasteiger partial charge in [-0.05, 0) is 63.3 Å². The van der Waals surface area contributed by atoms with Gasteiger partial charge in [0, 0.05) is 5.92 Å². The summed E-state index contributed by atoms with van der Waals surface area (Å²) < 4.78 is 0. The van der Waals surface area contributed by atoms with E-state index in [0.717, 1.165) is 51.5 Å². The third-order valence-electron chi connectivity index (χ3n) is 5.86. The van der Waals surface area contributed by atoms with Crippen molar-refractivity contribution in [3.05, 3.63) is 23.8 Å². The van der Waals surface area contributed by atoms with Gasteiger partial charge in [0.15, 0.2) is 0 Å². The molecule has 2 saturated carbocycles. The summed E-state index contributed by atoms with van der Waals surface area (Å²) in [6.45, 7) is 2.96. The molecule has 138 valence electrons. The third-order valence-corrected chi connectivity index (χ3v) is 5.86. The van der Waals surface area contributed by atoms with Crippen molar-refractivity contribution in [1.29, 1.82) is 0 Å². The Morgan fingerprint density at radius 1 is 1.21 bits per heavy atom. The summed E-state index contributed by atoms with van der Waals surface area (Å²) in [5.41, 5.74) is 7.13. The molecule has 0 aromatic rings. The highest BCUT2D eigenvalue weighted by Gasteiger charge is 2.44. The summed E-state index contributed by atoms with van der Waals surface area (Å²) in [5.74, 6) is 1.43. The number of hydrogen-bond donors (Lipinski definition) is 3. The summed E-state index contributed by atoms with van der Waals surface area (Å²) >= 11 is 0. The maximum absolute atomic E-state index is 10.4. The number of hydrogen-bond acceptors (Lipinski definition) is 3. The van der Waals surface area contributed by atoms with Gasteiger partial charge in [-0.2, -0.15) is 0 Å². The highest BCUT2D eigenvalue weighted by Crippen LogP contribution is 2.50. The summed E-state index contributed by atoms with van der Waals surface area (Å²) in [4.78, 5) is 0. The third kappa shape index (κ3) is 5.72. The second-order valence-electron chi connectivity index (χ2n) is 7.81. The number of aliphatic hydroxyl groups excluding tert-OH is 2. The van der Waals surface area contributed by atoms with Crippen LogP contribution >= 0.6 is 0 Å². The van der Waals surface area contributed by atoms with Gasteiger partial charge in [-0.15, -0.1) is 0 Å². The fraction of sp³-hybridized carbons (Fsp3) is 0.810. The molecular formula is C21H37NO2. The number of rotatable bonds is 10. The fourth-order valence-corrected chi connectivity index (χ4v) is 4.49. The zero-order chi connectivity index (χ0) is 17.4. The maximum atomic E-state index is 10.4. The summed E-state index contributed by atoms with van der Waals surface area (Å²) in [6.07, 6.45) is 16.8. The van der Waals surface area contributed by atoms with E-state index in [9.17, 15) is 10.2 Å². The Labute approximate surface area is 148 Å². The minimum atomic E-state index is -0.351. The van der Waals surface area contributed by atoms with Crippen LogP contribution < -0.4 is 5.73 Å². The minimum Gasteiger partial charge on any atom is -0.392 e. The van der Waals surface area contributed by atoms with Crippen LogP contribution in [0.2, 0.25) is 0 Å². The lowest BCUT2D eigenvalue weighted by Gasteiger charge is -2.17. The average molecular weight is 336 g/mol. The van der Waals surface area contributed by atoms with Crippen LogP contribution in [0.4, 0.5) is 0 Å². The molecule has 0 saturated heterocycles. The van der Waals surface area contributed by atoms with Gasteiger partial charge in [0.1, 0.15) is 0 Å². The van der Waals surface area contributed by atoms with E-state index < -0.39 is 0 Å². The molecule has 0 amide bonds. The zero-order valence-electron chi connectivity index (χ0n) is 15.4. The second kappa shape index (κ2) is 10.4. The van der Waals surface area contributed by atoms with Gasteiger partial charge in [-0.3, -0.25) is 0 Å². The van der Waals surface area contributed by atoms with Gasteiger partial charge >= 0.3 is 0 Å². The van der Waals surface area contributed by atoms with Crippen molar-refractivity contribution >= 4 is 0 Å². The van der Waals surface area contributed by atoms with Crippen molar-refractivity contribution in [3.63, 3.8) is 0 Å². The molecule has 3 heteroatoms. The van der Waals surface area contributed by atoms with E-state index in [1.807, 2.05) is 6.08 Å². The molecule has 5 unspecified atom stereocenters. The van der Waals surface area contributed by atoms with Gasteiger partial charge in [0.05, 0.1) is 12.2 Å². The van der Waals surface area contributed by atoms with Crippen LogP contribution in [0.15, 0.2) is 23.8 Å². The Hall–Kier alpha value is -0.640. The van der Waals surface area contributed by atoms with Crippen LogP contribution in [0.3, 0.4) is 0 Å². The number of fused-ring (bicyclic) bond motifs is 1. The zero-order valence-corrected chi connectivity index (χ0v) is 15.4. The number of nitrogens with two attached hydrogens (primary N) is 1. The molecule has 2 aliphatic carbocycles. The topological polar surface area (TPSA) is 66.5 Å². The summed E-state index contributed by atoms with van der Waals surface area (Å²) in [7, 11) is 0. The van der Waals surface area contributed by atoms with E-state index in [0.29, 0.717) is 11.8 Å². The Balaban J connectivity index is 1.83. The number of allylic oxidation sites excluding steroid dienone is 2. The monoisotopic (exact) mass is 335 g/mol. The Kier molecular flexibility index (Phi) is 8.51. The van der Waals surface area contributed by atoms with E-state index in [-0.39, 0.29) is 18.1 Å². The summed E-state index contributed by atoms with van der Waals surface area (Å²) in [5, 5.41) is 20.5.